The lowest BCUT2D eigenvalue weighted by Crippen LogP contribution is -2.50. The van der Waals surface area contributed by atoms with E-state index in [0.29, 0.717) is 126 Å². The summed E-state index contributed by atoms with van der Waals surface area (Å²) in [6.07, 6.45) is 13.7. The number of aliphatic hydroxyl groups is 2. The van der Waals surface area contributed by atoms with Gasteiger partial charge >= 0.3 is 5.97 Å². The SMILES string of the molecule is C.CCc1nc2ccc(-c3cnc(N4CCN(CC(=O)N5CC[C@H](O)C5)CC4)nc3)cn2c1N(C)c1nc(-c2ccc(F)cc2)c(C#N)s1.CCc1nc2ccc(-c3cnc(N4CCN(CC(=O)O)CC4)nc3)cn2c1N(C)c1nc(-c2ccc(F)cc2)c(C#N)s1.Cl.O[C@H]1CCNC1.[2H]CC. The van der Waals surface area contributed by atoms with Crippen molar-refractivity contribution in [2.24, 2.45) is 0 Å². The van der Waals surface area contributed by atoms with Crippen LogP contribution in [0, 0.1) is 34.3 Å². The highest BCUT2D eigenvalue weighted by molar-refractivity contribution is 7.17. The highest BCUT2D eigenvalue weighted by Crippen LogP contribution is 2.40. The number of nitrogens with one attached hydrogen (secondary N) is 1. The fourth-order valence-corrected chi connectivity index (χ4v) is 13.8. The molecule has 2 atom stereocenters. The number of imidazole rings is 2. The Bertz CT molecular complexity index is 4530. The molecular formula is C71H83ClF2N20O5S2. The standard InChI is InChI=1S/C34H35FN10O2S.C30H28FN9O2S.C4H9NO.C2H6.CH4.ClH/c1-3-27-32(41(2)34-40-31(28(16-36)48-34)22-4-7-25(35)8-5-22)45-19-23(6-9-29(45)39-27)24-17-37-33(38-18-24)43-14-12-42(13-15-43)21-30(47)44-11-10-26(46)20-44;1-3-23-28(37(2)30-36-27(24(14-32)43-30)19-4-7-22(31)8-5-19)40-17-20(6-9-25(40)35-23)21-15-33-29(34-16-21)39-12-10-38(11-13-39)18-26(41)42;6-4-1-2-5-3-4;1-2;;/h4-9,17-19,26,46H,3,10-15,20-21H2,1-2H3;4-9,15-17H,3,10-13,18H2,1-2H3,(H,41,42);4-6H,1-3H2;1-2H3;1H4;1H/t26-;;4-;;;/m0.0.../s1/i;;;1D;;. The minimum absolute atomic E-state index is 0. The van der Waals surface area contributed by atoms with E-state index in [9.17, 15) is 34.0 Å². The van der Waals surface area contributed by atoms with Gasteiger partial charge in [0.1, 0.15) is 67.8 Å². The number of rotatable bonds is 16. The number of carbonyl (C=O) groups is 2. The molecule has 12 heterocycles. The van der Waals surface area contributed by atoms with Gasteiger partial charge in [-0.1, -0.05) is 57.8 Å². The Morgan fingerprint density at radius 3 is 1.38 bits per heavy atom. The number of amides is 1. The molecule has 10 aromatic rings. The molecule has 4 aliphatic rings. The second-order valence-electron chi connectivity index (χ2n) is 23.9. The van der Waals surface area contributed by atoms with Crippen molar-refractivity contribution in [2.75, 3.05) is 125 Å². The number of carboxylic acid groups (broad SMARTS) is 1. The summed E-state index contributed by atoms with van der Waals surface area (Å²) in [5, 5.41) is 51.4. The number of anilines is 6. The van der Waals surface area contributed by atoms with Crippen molar-refractivity contribution < 1.29 is 35.1 Å². The number of pyridine rings is 2. The number of aromatic nitrogens is 10. The second kappa shape index (κ2) is 34.6. The number of β-amino-alcohol motifs (C(OH)–C–C–N with tert-alkyl or cyclic N) is 2. The zero-order chi connectivity index (χ0) is 70.6. The molecule has 2 aromatic carbocycles. The van der Waals surface area contributed by atoms with Crippen molar-refractivity contribution in [3.05, 3.63) is 143 Å². The number of benzene rings is 2. The first-order valence-corrected chi connectivity index (χ1v) is 34.4. The van der Waals surface area contributed by atoms with Gasteiger partial charge in [0.2, 0.25) is 17.8 Å². The van der Waals surface area contributed by atoms with Crippen molar-refractivity contribution in [3.8, 4) is 56.9 Å². The summed E-state index contributed by atoms with van der Waals surface area (Å²) >= 11 is 2.55. The van der Waals surface area contributed by atoms with E-state index in [1.807, 2.05) is 93.6 Å². The summed E-state index contributed by atoms with van der Waals surface area (Å²) in [5.41, 5.74) is 9.24. The van der Waals surface area contributed by atoms with Gasteiger partial charge in [0.05, 0.1) is 36.7 Å². The molecule has 0 spiro atoms. The Balaban J connectivity index is 0.000000209. The monoisotopic (exact) mass is 1430 g/mol. The third kappa shape index (κ3) is 17.6. The zero-order valence-electron chi connectivity index (χ0n) is 57.1. The normalized spacial score (nSPS) is 16.1. The van der Waals surface area contributed by atoms with Crippen LogP contribution in [0.1, 0.15) is 70.5 Å². The number of halogens is 3. The fourth-order valence-electron chi connectivity index (χ4n) is 12.1. The van der Waals surface area contributed by atoms with Crippen molar-refractivity contribution in [1.29, 1.82) is 10.5 Å². The van der Waals surface area contributed by atoms with Crippen LogP contribution in [0.15, 0.2) is 110 Å². The number of piperazine rings is 2. The molecular weight excluding hydrogens is 1350 g/mol. The predicted octanol–water partition coefficient (Wildman–Crippen LogP) is 9.86. The smallest absolute Gasteiger partial charge is 0.317 e. The van der Waals surface area contributed by atoms with Gasteiger partial charge < -0.3 is 45.1 Å². The molecule has 530 valence electrons. The Morgan fingerprint density at radius 2 is 1.03 bits per heavy atom. The number of carboxylic acids is 1. The van der Waals surface area contributed by atoms with Crippen molar-refractivity contribution in [3.63, 3.8) is 0 Å². The third-order valence-corrected chi connectivity index (χ3v) is 19.5. The largest absolute Gasteiger partial charge is 0.480 e. The minimum Gasteiger partial charge on any atom is -0.480 e. The van der Waals surface area contributed by atoms with Crippen LogP contribution in [0.4, 0.5) is 42.6 Å². The molecule has 4 N–H and O–H groups in total. The van der Waals surface area contributed by atoms with Gasteiger partial charge in [-0.15, -0.1) is 12.4 Å². The number of hydrogen-bond acceptors (Lipinski definition) is 23. The maximum atomic E-state index is 13.6. The molecule has 4 aliphatic heterocycles. The minimum atomic E-state index is -0.822. The third-order valence-electron chi connectivity index (χ3n) is 17.4. The van der Waals surface area contributed by atoms with Crippen LogP contribution in [-0.2, 0) is 22.4 Å². The van der Waals surface area contributed by atoms with E-state index in [4.69, 9.17) is 41.5 Å². The predicted molar refractivity (Wildman–Crippen MR) is 393 cm³/mol. The molecule has 0 saturated carbocycles. The Kier molecular flexibility index (Phi) is 25.3. The van der Waals surface area contributed by atoms with E-state index in [-0.39, 0.29) is 50.0 Å². The molecule has 14 rings (SSSR count). The number of aliphatic hydroxyl groups excluding tert-OH is 2. The first-order chi connectivity index (χ1) is 48.5. The number of aliphatic carboxylic acids is 1. The molecule has 0 unspecified atom stereocenters. The van der Waals surface area contributed by atoms with Gasteiger partial charge in [0, 0.05) is 158 Å². The highest BCUT2D eigenvalue weighted by atomic mass is 35.5. The average molecular weight is 1440 g/mol. The highest BCUT2D eigenvalue weighted by Gasteiger charge is 2.30. The second-order valence-corrected chi connectivity index (χ2v) is 25.8. The summed E-state index contributed by atoms with van der Waals surface area (Å²) < 4.78 is 37.3. The van der Waals surface area contributed by atoms with Gasteiger partial charge in [0.15, 0.2) is 10.3 Å². The lowest BCUT2D eigenvalue weighted by Gasteiger charge is -2.35. The summed E-state index contributed by atoms with van der Waals surface area (Å²) in [6.45, 7) is 15.2. The van der Waals surface area contributed by atoms with Gasteiger partial charge in [-0.05, 0) is 105 Å². The number of nitrogens with zero attached hydrogens (tertiary/aromatic N) is 19. The molecule has 30 heteroatoms. The van der Waals surface area contributed by atoms with E-state index in [1.165, 1.54) is 46.9 Å². The summed E-state index contributed by atoms with van der Waals surface area (Å²) in [7, 11) is 3.81. The number of likely N-dealkylation sites (tertiary alicyclic amines) is 1. The molecule has 25 nitrogen and oxygen atoms in total. The van der Waals surface area contributed by atoms with Crippen LogP contribution in [0.2, 0.25) is 0 Å². The van der Waals surface area contributed by atoms with Gasteiger partial charge in [0.25, 0.3) is 0 Å². The molecule has 4 fully saturated rings. The van der Waals surface area contributed by atoms with E-state index < -0.39 is 12.1 Å². The summed E-state index contributed by atoms with van der Waals surface area (Å²) in [6, 6.07) is 24.4. The van der Waals surface area contributed by atoms with E-state index >= 15 is 0 Å². The lowest BCUT2D eigenvalue weighted by molar-refractivity contribution is -0.138. The average Bonchev–Trinajstić information content (AvgIpc) is 1.63. The number of hydrogen-bond donors (Lipinski definition) is 4. The molecule has 0 aliphatic carbocycles. The Labute approximate surface area is 601 Å². The number of aryl methyl sites for hydroxylation is 2. The number of nitriles is 2. The first kappa shape index (κ1) is 74.0. The molecule has 0 radical (unpaired) electrons. The van der Waals surface area contributed by atoms with E-state index in [0.717, 1.165) is 102 Å². The van der Waals surface area contributed by atoms with Crippen LogP contribution >= 0.6 is 35.1 Å². The molecule has 0 bridgehead atoms. The van der Waals surface area contributed by atoms with Gasteiger partial charge in [-0.25, -0.2) is 48.7 Å². The number of fused-ring (bicyclic) bond motifs is 2. The van der Waals surface area contributed by atoms with Crippen LogP contribution < -0.4 is 24.9 Å². The van der Waals surface area contributed by atoms with E-state index in [2.05, 4.69) is 49.0 Å². The van der Waals surface area contributed by atoms with Gasteiger partial charge in [-0.2, -0.15) is 10.5 Å². The fraction of sp³-hybridized carbons (Fsp3) is 0.380. The van der Waals surface area contributed by atoms with Crippen molar-refractivity contribution in [1.82, 2.24) is 68.7 Å². The van der Waals surface area contributed by atoms with Gasteiger partial charge in [-0.3, -0.25) is 28.2 Å². The van der Waals surface area contributed by atoms with Crippen LogP contribution in [0.5, 0.6) is 0 Å². The molecule has 1 amide bonds. The summed E-state index contributed by atoms with van der Waals surface area (Å²) in [5.74, 6) is 1.50. The molecule has 101 heavy (non-hydrogen) atoms. The Morgan fingerprint density at radius 1 is 0.614 bits per heavy atom. The van der Waals surface area contributed by atoms with E-state index in [1.54, 1.807) is 48.5 Å². The summed E-state index contributed by atoms with van der Waals surface area (Å²) in [4.78, 5) is 76.3. The van der Waals surface area contributed by atoms with Crippen molar-refractivity contribution >= 4 is 92.0 Å². The topological polar surface area (TPSA) is 289 Å². The zero-order valence-corrected chi connectivity index (χ0v) is 58.6. The number of carbonyl (C=O) groups excluding carboxylic acids is 1. The number of thiazole rings is 2. The maximum absolute atomic E-state index is 13.6. The maximum Gasteiger partial charge on any atom is 0.317 e. The van der Waals surface area contributed by atoms with Crippen molar-refractivity contribution in [2.45, 2.75) is 73.0 Å². The molecule has 4 saturated heterocycles. The first-order valence-electron chi connectivity index (χ1n) is 33.5. The van der Waals surface area contributed by atoms with Crippen LogP contribution in [0.3, 0.4) is 0 Å². The van der Waals surface area contributed by atoms with Crippen LogP contribution in [-0.4, -0.2) is 208 Å². The Hall–Kier alpha value is -9.69. The lowest BCUT2D eigenvalue weighted by atomic mass is 10.1. The molecule has 8 aromatic heterocycles. The van der Waals surface area contributed by atoms with Crippen LogP contribution in [0.25, 0.3) is 56.1 Å². The quantitative estimate of drug-likeness (QED) is 0.0699.